The van der Waals surface area contributed by atoms with Crippen LogP contribution >= 0.6 is 0 Å². The molecule has 0 N–H and O–H groups in total. The molecule has 0 aromatic rings. The summed E-state index contributed by atoms with van der Waals surface area (Å²) >= 11 is 0. The topological polar surface area (TPSA) is 65.9 Å². The van der Waals surface area contributed by atoms with Gasteiger partial charge < -0.3 is 0 Å². The van der Waals surface area contributed by atoms with Gasteiger partial charge in [-0.05, 0) is 6.92 Å². The normalized spacial score (nSPS) is 22.9. The zero-order valence-corrected chi connectivity index (χ0v) is 5.75. The molecule has 1 saturated heterocycles. The van der Waals surface area contributed by atoms with Gasteiger partial charge in [-0.25, -0.2) is 0 Å². The molecule has 0 spiro atoms. The Morgan fingerprint density at radius 3 is 2.50 bits per heavy atom. The van der Waals surface area contributed by atoms with Crippen LogP contribution in [0.4, 0.5) is 0 Å². The van der Waals surface area contributed by atoms with Gasteiger partial charge in [0.2, 0.25) is 5.78 Å². The van der Waals surface area contributed by atoms with Gasteiger partial charge >= 0.3 is 0 Å². The summed E-state index contributed by atoms with van der Waals surface area (Å²) in [5, 5.41) is 8.31. The minimum Gasteiger partial charge on any atom is -0.292 e. The molecule has 4 nitrogen and oxygen atoms in total. The third kappa shape index (κ3) is 1.01. The van der Waals surface area contributed by atoms with Crippen LogP contribution in [-0.4, -0.2) is 11.6 Å². The molecule has 1 aliphatic heterocycles. The first-order chi connectivity index (χ1) is 4.60. The summed E-state index contributed by atoms with van der Waals surface area (Å²) in [6.07, 6.45) is 0. The third-order valence-electron chi connectivity index (χ3n) is 1.37. The second-order valence-corrected chi connectivity index (χ2v) is 2.33. The van der Waals surface area contributed by atoms with Gasteiger partial charge in [-0.3, -0.25) is 4.79 Å². The van der Waals surface area contributed by atoms with Crippen LogP contribution in [0.1, 0.15) is 13.8 Å². The Kier molecular flexibility index (Phi) is 1.47. The van der Waals surface area contributed by atoms with E-state index in [1.165, 1.54) is 13.8 Å². The molecular weight excluding hydrogens is 134 g/mol. The number of hydrogen-bond acceptors (Lipinski definition) is 4. The van der Waals surface area contributed by atoms with E-state index in [1.54, 1.807) is 6.07 Å². The highest BCUT2D eigenvalue weighted by Crippen LogP contribution is 2.31. The van der Waals surface area contributed by atoms with E-state index in [0.29, 0.717) is 0 Å². The van der Waals surface area contributed by atoms with Gasteiger partial charge in [0.1, 0.15) is 5.92 Å². The van der Waals surface area contributed by atoms with Crippen LogP contribution in [0.2, 0.25) is 0 Å². The second-order valence-electron chi connectivity index (χ2n) is 2.33. The SMILES string of the molecule is CC(C#N)C(=O)C1(C)OO1. The van der Waals surface area contributed by atoms with E-state index in [-0.39, 0.29) is 5.78 Å². The maximum atomic E-state index is 11.0. The lowest BCUT2D eigenvalue weighted by Gasteiger charge is -1.98. The number of ketones is 1. The molecule has 54 valence electrons. The molecule has 0 aliphatic carbocycles. The van der Waals surface area contributed by atoms with E-state index in [0.717, 1.165) is 0 Å². The predicted octanol–water partition coefficient (Wildman–Crippen LogP) is 0.393. The van der Waals surface area contributed by atoms with Gasteiger partial charge in [0, 0.05) is 6.92 Å². The number of hydrogen-bond donors (Lipinski definition) is 0. The molecule has 0 amide bonds. The van der Waals surface area contributed by atoms with Gasteiger partial charge in [-0.1, -0.05) is 0 Å². The average molecular weight is 141 g/mol. The fourth-order valence-corrected chi connectivity index (χ4v) is 0.597. The van der Waals surface area contributed by atoms with E-state index in [4.69, 9.17) is 5.26 Å². The van der Waals surface area contributed by atoms with Crippen molar-refractivity contribution >= 4 is 5.78 Å². The van der Waals surface area contributed by atoms with Crippen molar-refractivity contribution in [2.45, 2.75) is 19.6 Å². The van der Waals surface area contributed by atoms with Crippen LogP contribution in [0.5, 0.6) is 0 Å². The summed E-state index contributed by atoms with van der Waals surface area (Å²) in [7, 11) is 0. The first-order valence-electron chi connectivity index (χ1n) is 2.91. The van der Waals surface area contributed by atoms with E-state index in [1.807, 2.05) is 0 Å². The summed E-state index contributed by atoms with van der Waals surface area (Å²) in [4.78, 5) is 19.7. The Morgan fingerprint density at radius 2 is 2.20 bits per heavy atom. The van der Waals surface area contributed by atoms with Crippen LogP contribution in [0.15, 0.2) is 0 Å². The Hall–Kier alpha value is -0.920. The van der Waals surface area contributed by atoms with Crippen LogP contribution < -0.4 is 0 Å². The zero-order chi connectivity index (χ0) is 7.78. The molecule has 0 aromatic heterocycles. The maximum absolute atomic E-state index is 11.0. The smallest absolute Gasteiger partial charge is 0.289 e. The maximum Gasteiger partial charge on any atom is 0.289 e. The van der Waals surface area contributed by atoms with Crippen molar-refractivity contribution in [2.24, 2.45) is 5.92 Å². The number of Topliss-reactive ketones (excluding diaryl/α,β-unsaturated/α-hetero) is 1. The number of carbonyl (C=O) groups is 1. The number of carbonyl (C=O) groups excluding carboxylic acids is 1. The Bertz CT molecular complexity index is 202. The molecule has 1 fully saturated rings. The molecule has 1 heterocycles. The second kappa shape index (κ2) is 2.04. The first-order valence-corrected chi connectivity index (χ1v) is 2.91. The molecule has 4 heteroatoms. The molecule has 0 aromatic carbocycles. The molecule has 1 unspecified atom stereocenters. The van der Waals surface area contributed by atoms with Crippen LogP contribution in [0, 0.1) is 17.2 Å². The number of nitrogens with zero attached hydrogens (tertiary/aromatic N) is 1. The van der Waals surface area contributed by atoms with Crippen molar-refractivity contribution in [3.05, 3.63) is 0 Å². The predicted molar refractivity (Wildman–Crippen MR) is 30.4 cm³/mol. The van der Waals surface area contributed by atoms with E-state index in [2.05, 4.69) is 9.78 Å². The summed E-state index contributed by atoms with van der Waals surface area (Å²) in [5.41, 5.74) is 0. The summed E-state index contributed by atoms with van der Waals surface area (Å²) in [5.74, 6) is -2.11. The molecule has 0 bridgehead atoms. The largest absolute Gasteiger partial charge is 0.292 e. The van der Waals surface area contributed by atoms with Crippen molar-refractivity contribution < 1.29 is 14.6 Å². The van der Waals surface area contributed by atoms with Crippen LogP contribution in [-0.2, 0) is 14.6 Å². The summed E-state index contributed by atoms with van der Waals surface area (Å²) in [6, 6.07) is 1.80. The zero-order valence-electron chi connectivity index (χ0n) is 5.75. The Balaban J connectivity index is 2.59. The van der Waals surface area contributed by atoms with E-state index in [9.17, 15) is 4.79 Å². The Labute approximate surface area is 58.3 Å². The standard InChI is InChI=1S/C6H7NO3/c1-4(3-7)5(8)6(2)9-10-6/h4H,1-2H3. The summed E-state index contributed by atoms with van der Waals surface area (Å²) < 4.78 is 0. The molecule has 1 atom stereocenters. The van der Waals surface area contributed by atoms with E-state index < -0.39 is 11.7 Å². The molecule has 10 heavy (non-hydrogen) atoms. The summed E-state index contributed by atoms with van der Waals surface area (Å²) in [6.45, 7) is 3.00. The molecule has 0 radical (unpaired) electrons. The Morgan fingerprint density at radius 1 is 1.70 bits per heavy atom. The fourth-order valence-electron chi connectivity index (χ4n) is 0.597. The number of rotatable bonds is 2. The van der Waals surface area contributed by atoms with Crippen molar-refractivity contribution in [1.29, 1.82) is 5.26 Å². The molecule has 1 rings (SSSR count). The third-order valence-corrected chi connectivity index (χ3v) is 1.37. The quantitative estimate of drug-likeness (QED) is 0.412. The fraction of sp³-hybridized carbons (Fsp3) is 0.667. The van der Waals surface area contributed by atoms with Crippen molar-refractivity contribution in [3.63, 3.8) is 0 Å². The molecule has 1 aliphatic rings. The van der Waals surface area contributed by atoms with Gasteiger partial charge in [0.15, 0.2) is 0 Å². The van der Waals surface area contributed by atoms with Gasteiger partial charge in [0.25, 0.3) is 5.79 Å². The highest BCUT2D eigenvalue weighted by atomic mass is 17.4. The van der Waals surface area contributed by atoms with Crippen LogP contribution in [0.25, 0.3) is 0 Å². The average Bonchev–Trinajstić information content (AvgIpc) is 2.66. The highest BCUT2D eigenvalue weighted by Gasteiger charge is 2.53. The van der Waals surface area contributed by atoms with E-state index >= 15 is 0 Å². The molecule has 0 saturated carbocycles. The van der Waals surface area contributed by atoms with Crippen LogP contribution in [0.3, 0.4) is 0 Å². The van der Waals surface area contributed by atoms with Gasteiger partial charge in [-0.15, -0.1) is 0 Å². The van der Waals surface area contributed by atoms with Gasteiger partial charge in [-0.2, -0.15) is 15.0 Å². The van der Waals surface area contributed by atoms with Crippen molar-refractivity contribution in [2.75, 3.05) is 0 Å². The minimum atomic E-state index is -1.13. The minimum absolute atomic E-state index is 0.324. The van der Waals surface area contributed by atoms with Gasteiger partial charge in [0.05, 0.1) is 6.07 Å². The lowest BCUT2D eigenvalue weighted by molar-refractivity contribution is -0.126. The van der Waals surface area contributed by atoms with Crippen molar-refractivity contribution in [3.8, 4) is 6.07 Å². The lowest BCUT2D eigenvalue weighted by atomic mass is 10.0. The highest BCUT2D eigenvalue weighted by molar-refractivity contribution is 5.90. The number of nitriles is 1. The molecular formula is C6H7NO3. The monoisotopic (exact) mass is 141 g/mol. The lowest BCUT2D eigenvalue weighted by Crippen LogP contribution is -2.25. The first kappa shape index (κ1) is 7.19. The van der Waals surface area contributed by atoms with Crippen molar-refractivity contribution in [1.82, 2.24) is 0 Å².